The highest BCUT2D eigenvalue weighted by Gasteiger charge is 2.22. The van der Waals surface area contributed by atoms with Crippen molar-refractivity contribution < 1.29 is 9.53 Å². The molecule has 0 saturated carbocycles. The molecule has 7 heteroatoms. The smallest absolute Gasteiger partial charge is 0.260 e. The van der Waals surface area contributed by atoms with E-state index in [0.717, 1.165) is 33.2 Å². The van der Waals surface area contributed by atoms with E-state index in [1.165, 1.54) is 11.3 Å². The Balaban J connectivity index is 1.68. The first kappa shape index (κ1) is 21.5. The third-order valence-electron chi connectivity index (χ3n) is 4.71. The Morgan fingerprint density at radius 3 is 2.84 bits per heavy atom. The van der Waals surface area contributed by atoms with Gasteiger partial charge in [0.1, 0.15) is 5.75 Å². The number of hydrogen-bond donors (Lipinski definition) is 0. The average molecular weight is 496 g/mol. The van der Waals surface area contributed by atoms with Gasteiger partial charge >= 0.3 is 0 Å². The van der Waals surface area contributed by atoms with Crippen LogP contribution in [0.15, 0.2) is 71.3 Å². The summed E-state index contributed by atoms with van der Waals surface area (Å²) in [6, 6.07) is 18.9. The topological polar surface area (TPSA) is 55.3 Å². The lowest BCUT2D eigenvalue weighted by Gasteiger charge is -2.20. The Morgan fingerprint density at radius 1 is 1.13 bits per heavy atom. The van der Waals surface area contributed by atoms with Crippen molar-refractivity contribution in [2.45, 2.75) is 26.3 Å². The fraction of sp³-hybridized carbons (Fsp3) is 0.208. The highest BCUT2D eigenvalue weighted by Crippen LogP contribution is 2.32. The Hall–Kier alpha value is -2.77. The molecular weight excluding hydrogens is 474 g/mol. The summed E-state index contributed by atoms with van der Waals surface area (Å²) < 4.78 is 7.80. The van der Waals surface area contributed by atoms with E-state index < -0.39 is 0 Å². The van der Waals surface area contributed by atoms with E-state index >= 15 is 0 Å². The minimum absolute atomic E-state index is 0.135. The number of carbonyl (C=O) groups excluding carboxylic acids is 1. The van der Waals surface area contributed by atoms with Gasteiger partial charge < -0.3 is 4.74 Å². The number of halogens is 1. The lowest BCUT2D eigenvalue weighted by Crippen LogP contribution is -2.30. The molecule has 0 aliphatic heterocycles. The quantitative estimate of drug-likeness (QED) is 0.262. The predicted octanol–water partition coefficient (Wildman–Crippen LogP) is 6.48. The van der Waals surface area contributed by atoms with Crippen molar-refractivity contribution in [2.75, 3.05) is 11.5 Å². The number of aromatic nitrogens is 2. The van der Waals surface area contributed by atoms with Crippen molar-refractivity contribution in [1.29, 1.82) is 0 Å². The maximum Gasteiger partial charge on any atom is 0.260 e. The van der Waals surface area contributed by atoms with Crippen molar-refractivity contribution in [1.82, 2.24) is 9.97 Å². The zero-order valence-corrected chi connectivity index (χ0v) is 19.5. The van der Waals surface area contributed by atoms with E-state index in [-0.39, 0.29) is 5.91 Å². The van der Waals surface area contributed by atoms with Crippen LogP contribution in [0, 0.1) is 0 Å². The standard InChI is InChI=1S/C24H22BrN3O2S/c1-2-3-13-30-20-9-6-7-17(14-20)23(29)28(16-19-8-4-5-12-26-19)24-27-21-11-10-18(25)15-22(21)31-24/h4-12,14-15H,2-3,13,16H2,1H3. The van der Waals surface area contributed by atoms with Crippen LogP contribution in [0.5, 0.6) is 5.75 Å². The molecule has 0 aliphatic rings. The molecule has 4 aromatic rings. The molecule has 2 heterocycles. The van der Waals surface area contributed by atoms with Gasteiger partial charge in [-0.25, -0.2) is 4.98 Å². The molecule has 0 fully saturated rings. The summed E-state index contributed by atoms with van der Waals surface area (Å²) >= 11 is 4.99. The number of amides is 1. The van der Waals surface area contributed by atoms with E-state index in [1.807, 2.05) is 54.6 Å². The average Bonchev–Trinajstić information content (AvgIpc) is 3.21. The number of pyridine rings is 1. The summed E-state index contributed by atoms with van der Waals surface area (Å²) in [7, 11) is 0. The molecule has 1 amide bonds. The maximum absolute atomic E-state index is 13.6. The third-order valence-corrected chi connectivity index (χ3v) is 6.24. The fourth-order valence-corrected chi connectivity index (χ4v) is 4.61. The molecule has 0 aliphatic carbocycles. The van der Waals surface area contributed by atoms with Gasteiger partial charge in [-0.1, -0.05) is 52.7 Å². The first-order valence-electron chi connectivity index (χ1n) is 10.1. The minimum atomic E-state index is -0.135. The number of hydrogen-bond acceptors (Lipinski definition) is 5. The van der Waals surface area contributed by atoms with E-state index in [4.69, 9.17) is 9.72 Å². The number of fused-ring (bicyclic) bond motifs is 1. The summed E-state index contributed by atoms with van der Waals surface area (Å²) in [6.07, 6.45) is 3.77. The van der Waals surface area contributed by atoms with Crippen LogP contribution >= 0.6 is 27.3 Å². The van der Waals surface area contributed by atoms with Crippen LogP contribution in [0.25, 0.3) is 10.2 Å². The van der Waals surface area contributed by atoms with Gasteiger partial charge in [-0.3, -0.25) is 14.7 Å². The highest BCUT2D eigenvalue weighted by molar-refractivity contribution is 9.10. The third kappa shape index (κ3) is 5.29. The lowest BCUT2D eigenvalue weighted by molar-refractivity contribution is 0.0984. The molecule has 2 aromatic carbocycles. The van der Waals surface area contributed by atoms with Crippen LogP contribution in [0.1, 0.15) is 35.8 Å². The second-order valence-corrected chi connectivity index (χ2v) is 8.98. The van der Waals surface area contributed by atoms with Gasteiger partial charge in [0.15, 0.2) is 5.13 Å². The normalized spacial score (nSPS) is 10.9. The maximum atomic E-state index is 13.6. The van der Waals surface area contributed by atoms with Gasteiger partial charge in [-0.15, -0.1) is 0 Å². The largest absolute Gasteiger partial charge is 0.494 e. The van der Waals surface area contributed by atoms with Gasteiger partial charge in [-0.2, -0.15) is 0 Å². The van der Waals surface area contributed by atoms with Crippen molar-refractivity contribution in [3.8, 4) is 5.75 Å². The molecule has 0 saturated heterocycles. The van der Waals surface area contributed by atoms with Crippen LogP contribution in [-0.2, 0) is 6.54 Å². The van der Waals surface area contributed by atoms with Gasteiger partial charge in [0.2, 0.25) is 0 Å². The summed E-state index contributed by atoms with van der Waals surface area (Å²) in [6.45, 7) is 3.09. The number of thiazole rings is 1. The van der Waals surface area contributed by atoms with Crippen LogP contribution in [0.2, 0.25) is 0 Å². The number of carbonyl (C=O) groups is 1. The molecule has 2 aromatic heterocycles. The lowest BCUT2D eigenvalue weighted by atomic mass is 10.2. The highest BCUT2D eigenvalue weighted by atomic mass is 79.9. The molecule has 0 N–H and O–H groups in total. The Kier molecular flexibility index (Phi) is 6.94. The second kappa shape index (κ2) is 10.0. The summed E-state index contributed by atoms with van der Waals surface area (Å²) in [5.74, 6) is 0.565. The molecule has 0 atom stereocenters. The number of ether oxygens (including phenoxy) is 1. The van der Waals surface area contributed by atoms with Crippen LogP contribution < -0.4 is 9.64 Å². The number of nitrogens with zero attached hydrogens (tertiary/aromatic N) is 3. The van der Waals surface area contributed by atoms with Crippen molar-refractivity contribution in [3.63, 3.8) is 0 Å². The Morgan fingerprint density at radius 2 is 2.03 bits per heavy atom. The molecule has 0 bridgehead atoms. The number of rotatable bonds is 8. The number of benzene rings is 2. The molecular formula is C24H22BrN3O2S. The SMILES string of the molecule is CCCCOc1cccc(C(=O)N(Cc2ccccn2)c2nc3ccc(Br)cc3s2)c1. The van der Waals surface area contributed by atoms with Gasteiger partial charge in [-0.05, 0) is 55.0 Å². The second-order valence-electron chi connectivity index (χ2n) is 7.05. The summed E-state index contributed by atoms with van der Waals surface area (Å²) in [5.41, 5.74) is 2.22. The molecule has 0 spiro atoms. The number of anilines is 1. The van der Waals surface area contributed by atoms with Crippen LogP contribution in [0.3, 0.4) is 0 Å². The van der Waals surface area contributed by atoms with Crippen LogP contribution in [0.4, 0.5) is 5.13 Å². The molecule has 4 rings (SSSR count). The van der Waals surface area contributed by atoms with Gasteiger partial charge in [0, 0.05) is 16.2 Å². The van der Waals surface area contributed by atoms with E-state index in [1.54, 1.807) is 17.2 Å². The minimum Gasteiger partial charge on any atom is -0.494 e. The van der Waals surface area contributed by atoms with Gasteiger partial charge in [0.25, 0.3) is 5.91 Å². The monoisotopic (exact) mass is 495 g/mol. The molecule has 0 unspecified atom stereocenters. The van der Waals surface area contributed by atoms with Crippen molar-refractivity contribution in [2.24, 2.45) is 0 Å². The zero-order chi connectivity index (χ0) is 21.6. The number of unbranched alkanes of at least 4 members (excludes halogenated alkanes) is 1. The summed E-state index contributed by atoms with van der Waals surface area (Å²) in [4.78, 5) is 24.4. The van der Waals surface area contributed by atoms with Gasteiger partial charge in [0.05, 0.1) is 29.1 Å². The Labute approximate surface area is 193 Å². The molecule has 0 radical (unpaired) electrons. The molecule has 5 nitrogen and oxygen atoms in total. The van der Waals surface area contributed by atoms with E-state index in [9.17, 15) is 4.79 Å². The molecule has 158 valence electrons. The van der Waals surface area contributed by atoms with E-state index in [2.05, 4.69) is 27.8 Å². The van der Waals surface area contributed by atoms with Crippen LogP contribution in [-0.4, -0.2) is 22.5 Å². The predicted molar refractivity (Wildman–Crippen MR) is 129 cm³/mol. The zero-order valence-electron chi connectivity index (χ0n) is 17.1. The Bertz CT molecular complexity index is 1180. The summed E-state index contributed by atoms with van der Waals surface area (Å²) in [5, 5.41) is 0.640. The first-order chi connectivity index (χ1) is 15.1. The molecule has 31 heavy (non-hydrogen) atoms. The van der Waals surface area contributed by atoms with Crippen molar-refractivity contribution in [3.05, 3.63) is 82.6 Å². The van der Waals surface area contributed by atoms with Crippen molar-refractivity contribution >= 4 is 48.5 Å². The van der Waals surface area contributed by atoms with E-state index in [0.29, 0.717) is 29.6 Å². The first-order valence-corrected chi connectivity index (χ1v) is 11.8. The fourth-order valence-electron chi connectivity index (χ4n) is 3.09.